The normalized spacial score (nSPS) is 15.1. The Bertz CT molecular complexity index is 747. The van der Waals surface area contributed by atoms with E-state index in [4.69, 9.17) is 11.6 Å². The first-order valence-electron chi connectivity index (χ1n) is 8.21. The fourth-order valence-electron chi connectivity index (χ4n) is 2.96. The zero-order chi connectivity index (χ0) is 16.9. The summed E-state index contributed by atoms with van der Waals surface area (Å²) in [5.41, 5.74) is 2.52. The Morgan fingerprint density at radius 3 is 2.79 bits per heavy atom. The second-order valence-corrected chi connectivity index (χ2v) is 6.36. The smallest absolute Gasteiger partial charge is 0.132 e. The van der Waals surface area contributed by atoms with Gasteiger partial charge in [-0.05, 0) is 37.5 Å². The number of halogens is 1. The summed E-state index contributed by atoms with van der Waals surface area (Å²) in [7, 11) is 0. The molecule has 1 aliphatic heterocycles. The second kappa shape index (κ2) is 7.50. The molecule has 2 heterocycles. The van der Waals surface area contributed by atoms with Crippen molar-refractivity contribution < 1.29 is 0 Å². The molecule has 1 aromatic carbocycles. The predicted octanol–water partition coefficient (Wildman–Crippen LogP) is 3.64. The summed E-state index contributed by atoms with van der Waals surface area (Å²) in [6.45, 7) is 3.97. The van der Waals surface area contributed by atoms with Crippen LogP contribution in [0.25, 0.3) is 0 Å². The van der Waals surface area contributed by atoms with Crippen molar-refractivity contribution in [2.75, 3.05) is 23.3 Å². The molecule has 0 spiro atoms. The third-order valence-corrected chi connectivity index (χ3v) is 4.59. The Labute approximate surface area is 147 Å². The number of hydrogen-bond donors (Lipinski definition) is 1. The number of nitrogens with one attached hydrogen (secondary N) is 1. The Kier molecular flexibility index (Phi) is 5.17. The molecule has 0 bridgehead atoms. The molecule has 0 radical (unpaired) electrons. The van der Waals surface area contributed by atoms with E-state index < -0.39 is 0 Å². The van der Waals surface area contributed by atoms with E-state index in [1.54, 1.807) is 12.4 Å². The first-order chi connectivity index (χ1) is 11.7. The standard InChI is InChI=1S/C18H20ClN5/c1-2-15-10-18(22-12-21-15)24-7-5-16(6-8-24)23-17-4-3-14(19)9-13(17)11-20/h3-4,9-10,12,16,23H,2,5-8H2,1H3. The van der Waals surface area contributed by atoms with Gasteiger partial charge in [0.1, 0.15) is 18.2 Å². The Balaban J connectivity index is 1.62. The Morgan fingerprint density at radius 2 is 2.08 bits per heavy atom. The van der Waals surface area contributed by atoms with Gasteiger partial charge in [0.25, 0.3) is 0 Å². The van der Waals surface area contributed by atoms with Gasteiger partial charge >= 0.3 is 0 Å². The molecule has 1 N–H and O–H groups in total. The topological polar surface area (TPSA) is 64.8 Å². The van der Waals surface area contributed by atoms with Crippen LogP contribution in [0.1, 0.15) is 31.0 Å². The summed E-state index contributed by atoms with van der Waals surface area (Å²) in [5, 5.41) is 13.3. The molecule has 1 saturated heterocycles. The Hall–Kier alpha value is -2.32. The molecule has 6 heteroatoms. The summed E-state index contributed by atoms with van der Waals surface area (Å²) < 4.78 is 0. The minimum Gasteiger partial charge on any atom is -0.381 e. The van der Waals surface area contributed by atoms with Gasteiger partial charge in [0.15, 0.2) is 0 Å². The molecule has 0 unspecified atom stereocenters. The number of nitrogens with zero attached hydrogens (tertiary/aromatic N) is 4. The molecule has 5 nitrogen and oxygen atoms in total. The highest BCUT2D eigenvalue weighted by molar-refractivity contribution is 6.30. The van der Waals surface area contributed by atoms with Gasteiger partial charge in [-0.2, -0.15) is 5.26 Å². The van der Waals surface area contributed by atoms with Gasteiger partial charge in [0.2, 0.25) is 0 Å². The minimum atomic E-state index is 0.349. The van der Waals surface area contributed by atoms with E-state index in [0.717, 1.165) is 49.6 Å². The van der Waals surface area contributed by atoms with Crippen molar-refractivity contribution in [3.8, 4) is 6.07 Å². The number of aryl methyl sites for hydroxylation is 1. The molecule has 0 saturated carbocycles. The third-order valence-electron chi connectivity index (χ3n) is 4.35. The van der Waals surface area contributed by atoms with Crippen LogP contribution in [0.15, 0.2) is 30.6 Å². The monoisotopic (exact) mass is 341 g/mol. The highest BCUT2D eigenvalue weighted by atomic mass is 35.5. The molecule has 0 amide bonds. The molecule has 1 fully saturated rings. The van der Waals surface area contributed by atoms with Crippen LogP contribution in [-0.2, 0) is 6.42 Å². The summed E-state index contributed by atoms with van der Waals surface area (Å²) in [6, 6.07) is 10.0. The van der Waals surface area contributed by atoms with Crippen LogP contribution < -0.4 is 10.2 Å². The maximum atomic E-state index is 9.24. The minimum absolute atomic E-state index is 0.349. The number of rotatable bonds is 4. The summed E-state index contributed by atoms with van der Waals surface area (Å²) in [6.07, 6.45) is 4.56. The van der Waals surface area contributed by atoms with Gasteiger partial charge in [-0.1, -0.05) is 18.5 Å². The average molecular weight is 342 g/mol. The van der Waals surface area contributed by atoms with Crippen molar-refractivity contribution >= 4 is 23.1 Å². The SMILES string of the molecule is CCc1cc(N2CCC(Nc3ccc(Cl)cc3C#N)CC2)ncn1. The molecule has 124 valence electrons. The quantitative estimate of drug-likeness (QED) is 0.919. The lowest BCUT2D eigenvalue weighted by atomic mass is 10.0. The first-order valence-corrected chi connectivity index (χ1v) is 8.59. The molecular formula is C18H20ClN5. The van der Waals surface area contributed by atoms with E-state index in [2.05, 4.69) is 39.2 Å². The van der Waals surface area contributed by atoms with Crippen molar-refractivity contribution in [1.29, 1.82) is 5.26 Å². The lowest BCUT2D eigenvalue weighted by Crippen LogP contribution is -2.39. The van der Waals surface area contributed by atoms with Crippen molar-refractivity contribution in [2.45, 2.75) is 32.2 Å². The molecule has 0 atom stereocenters. The summed E-state index contributed by atoms with van der Waals surface area (Å²) >= 11 is 5.95. The van der Waals surface area contributed by atoms with E-state index in [1.165, 1.54) is 0 Å². The summed E-state index contributed by atoms with van der Waals surface area (Å²) in [5.74, 6) is 1.00. The van der Waals surface area contributed by atoms with Crippen LogP contribution in [0.4, 0.5) is 11.5 Å². The maximum absolute atomic E-state index is 9.24. The van der Waals surface area contributed by atoms with Gasteiger partial charge in [0.05, 0.1) is 11.3 Å². The van der Waals surface area contributed by atoms with E-state index in [-0.39, 0.29) is 0 Å². The molecule has 3 rings (SSSR count). The molecule has 24 heavy (non-hydrogen) atoms. The van der Waals surface area contributed by atoms with Gasteiger partial charge in [-0.15, -0.1) is 0 Å². The molecule has 1 aliphatic rings. The van der Waals surface area contributed by atoms with Crippen LogP contribution in [0.2, 0.25) is 5.02 Å². The van der Waals surface area contributed by atoms with Crippen molar-refractivity contribution in [3.63, 3.8) is 0 Å². The van der Waals surface area contributed by atoms with E-state index >= 15 is 0 Å². The highest BCUT2D eigenvalue weighted by Crippen LogP contribution is 2.24. The van der Waals surface area contributed by atoms with Gasteiger partial charge in [0, 0.05) is 35.9 Å². The van der Waals surface area contributed by atoms with Gasteiger partial charge in [-0.3, -0.25) is 0 Å². The van der Waals surface area contributed by atoms with Crippen LogP contribution in [-0.4, -0.2) is 29.1 Å². The number of piperidine rings is 1. The lowest BCUT2D eigenvalue weighted by Gasteiger charge is -2.33. The number of aromatic nitrogens is 2. The Morgan fingerprint density at radius 1 is 1.29 bits per heavy atom. The second-order valence-electron chi connectivity index (χ2n) is 5.93. The maximum Gasteiger partial charge on any atom is 0.132 e. The van der Waals surface area contributed by atoms with E-state index in [0.29, 0.717) is 16.6 Å². The van der Waals surface area contributed by atoms with Crippen LogP contribution in [0.5, 0.6) is 0 Å². The fraction of sp³-hybridized carbons (Fsp3) is 0.389. The van der Waals surface area contributed by atoms with E-state index in [1.807, 2.05) is 12.1 Å². The van der Waals surface area contributed by atoms with E-state index in [9.17, 15) is 5.26 Å². The molecule has 2 aromatic rings. The molecule has 0 aliphatic carbocycles. The zero-order valence-electron chi connectivity index (χ0n) is 13.7. The van der Waals surface area contributed by atoms with Gasteiger partial charge in [-0.25, -0.2) is 9.97 Å². The highest BCUT2D eigenvalue weighted by Gasteiger charge is 2.21. The lowest BCUT2D eigenvalue weighted by molar-refractivity contribution is 0.523. The average Bonchev–Trinajstić information content (AvgIpc) is 2.64. The van der Waals surface area contributed by atoms with Crippen molar-refractivity contribution in [3.05, 3.63) is 46.9 Å². The molecular weight excluding hydrogens is 322 g/mol. The van der Waals surface area contributed by atoms with Crippen molar-refractivity contribution in [1.82, 2.24) is 9.97 Å². The number of benzene rings is 1. The molecule has 1 aromatic heterocycles. The fourth-order valence-corrected chi connectivity index (χ4v) is 3.13. The third kappa shape index (κ3) is 3.77. The number of hydrogen-bond acceptors (Lipinski definition) is 5. The largest absolute Gasteiger partial charge is 0.381 e. The van der Waals surface area contributed by atoms with Crippen LogP contribution in [0.3, 0.4) is 0 Å². The zero-order valence-corrected chi connectivity index (χ0v) is 14.4. The van der Waals surface area contributed by atoms with Gasteiger partial charge < -0.3 is 10.2 Å². The number of anilines is 2. The van der Waals surface area contributed by atoms with Crippen LogP contribution >= 0.6 is 11.6 Å². The van der Waals surface area contributed by atoms with Crippen LogP contribution in [0, 0.1) is 11.3 Å². The summed E-state index contributed by atoms with van der Waals surface area (Å²) in [4.78, 5) is 10.9. The van der Waals surface area contributed by atoms with Crippen molar-refractivity contribution in [2.24, 2.45) is 0 Å². The number of nitriles is 1. The predicted molar refractivity (Wildman–Crippen MR) is 96.4 cm³/mol. The first kappa shape index (κ1) is 16.5.